The molecule has 0 radical (unpaired) electrons. The summed E-state index contributed by atoms with van der Waals surface area (Å²) in [7, 11) is 0. The van der Waals surface area contributed by atoms with Crippen LogP contribution in [0.25, 0.3) is 0 Å². The molecule has 6 nitrogen and oxygen atoms in total. The fourth-order valence-corrected chi connectivity index (χ4v) is 1.36. The van der Waals surface area contributed by atoms with Gasteiger partial charge in [0.05, 0.1) is 11.9 Å². The predicted octanol–water partition coefficient (Wildman–Crippen LogP) is 0.200. The van der Waals surface area contributed by atoms with Gasteiger partial charge in [0, 0.05) is 18.7 Å². The lowest BCUT2D eigenvalue weighted by molar-refractivity contribution is -0.122. The van der Waals surface area contributed by atoms with Crippen molar-refractivity contribution in [2.45, 2.75) is 33.4 Å². The van der Waals surface area contributed by atoms with Gasteiger partial charge in [-0.2, -0.15) is 5.10 Å². The quantitative estimate of drug-likeness (QED) is 0.768. The van der Waals surface area contributed by atoms with E-state index in [1.165, 1.54) is 12.3 Å². The van der Waals surface area contributed by atoms with E-state index in [1.54, 1.807) is 0 Å². The average molecular weight is 238 g/mol. The molecule has 6 heteroatoms. The fourth-order valence-electron chi connectivity index (χ4n) is 1.36. The maximum Gasteiger partial charge on any atom is 0.269 e. The summed E-state index contributed by atoms with van der Waals surface area (Å²) >= 11 is 0. The lowest BCUT2D eigenvalue weighted by Crippen LogP contribution is -2.36. The minimum absolute atomic E-state index is 0.0522. The van der Waals surface area contributed by atoms with Crippen molar-refractivity contribution in [3.63, 3.8) is 0 Å². The van der Waals surface area contributed by atoms with Gasteiger partial charge in [-0.1, -0.05) is 0 Å². The van der Waals surface area contributed by atoms with Gasteiger partial charge in [-0.25, -0.2) is 4.68 Å². The van der Waals surface area contributed by atoms with Gasteiger partial charge in [-0.3, -0.25) is 9.59 Å². The summed E-state index contributed by atoms with van der Waals surface area (Å²) in [5.41, 5.74) is 0.375. The van der Waals surface area contributed by atoms with Gasteiger partial charge < -0.3 is 10.6 Å². The van der Waals surface area contributed by atoms with Crippen molar-refractivity contribution in [2.24, 2.45) is 0 Å². The van der Waals surface area contributed by atoms with Gasteiger partial charge >= 0.3 is 0 Å². The van der Waals surface area contributed by atoms with Crippen LogP contribution in [0, 0.1) is 0 Å². The molecule has 1 rings (SSSR count). The zero-order valence-corrected chi connectivity index (χ0v) is 10.4. The van der Waals surface area contributed by atoms with Crippen molar-refractivity contribution in [1.29, 1.82) is 0 Å². The van der Waals surface area contributed by atoms with E-state index < -0.39 is 0 Å². The first-order chi connectivity index (χ1) is 8.02. The third kappa shape index (κ3) is 4.26. The van der Waals surface area contributed by atoms with Gasteiger partial charge in [0.25, 0.3) is 5.56 Å². The maximum absolute atomic E-state index is 11.6. The van der Waals surface area contributed by atoms with Crippen LogP contribution in [0.15, 0.2) is 17.1 Å². The van der Waals surface area contributed by atoms with E-state index in [4.69, 9.17) is 0 Å². The summed E-state index contributed by atoms with van der Waals surface area (Å²) < 4.78 is 1.14. The first-order valence-corrected chi connectivity index (χ1v) is 5.63. The number of anilines is 1. The van der Waals surface area contributed by atoms with Crippen LogP contribution in [0.5, 0.6) is 0 Å². The van der Waals surface area contributed by atoms with E-state index in [2.05, 4.69) is 15.7 Å². The summed E-state index contributed by atoms with van der Waals surface area (Å²) in [5, 5.41) is 9.61. The molecule has 0 atom stereocenters. The number of nitrogens with one attached hydrogen (secondary N) is 2. The Hall–Kier alpha value is -1.85. The fraction of sp³-hybridized carbons (Fsp3) is 0.545. The van der Waals surface area contributed by atoms with E-state index >= 15 is 0 Å². The molecule has 2 N–H and O–H groups in total. The highest BCUT2D eigenvalue weighted by molar-refractivity contribution is 5.75. The summed E-state index contributed by atoms with van der Waals surface area (Å²) in [6.07, 6.45) is 1.54. The zero-order valence-electron chi connectivity index (χ0n) is 10.4. The molecule has 0 saturated heterocycles. The van der Waals surface area contributed by atoms with Crippen LogP contribution >= 0.6 is 0 Å². The van der Waals surface area contributed by atoms with E-state index in [0.717, 1.165) is 11.2 Å². The number of carbonyl (C=O) groups is 1. The van der Waals surface area contributed by atoms with Crippen LogP contribution in [-0.4, -0.2) is 28.3 Å². The Morgan fingerprint density at radius 2 is 2.24 bits per heavy atom. The third-order valence-electron chi connectivity index (χ3n) is 1.99. The Morgan fingerprint density at radius 3 is 2.76 bits per heavy atom. The number of carbonyl (C=O) groups excluding carboxylic acids is 1. The molecule has 0 fully saturated rings. The minimum Gasteiger partial charge on any atom is -0.384 e. The van der Waals surface area contributed by atoms with Crippen LogP contribution < -0.4 is 16.2 Å². The molecule has 0 spiro atoms. The number of amides is 1. The van der Waals surface area contributed by atoms with Crippen LogP contribution in [0.1, 0.15) is 20.8 Å². The molecular weight excluding hydrogens is 220 g/mol. The first kappa shape index (κ1) is 13.2. The van der Waals surface area contributed by atoms with Gasteiger partial charge in [-0.05, 0) is 20.8 Å². The molecule has 0 bridgehead atoms. The molecule has 0 aromatic carbocycles. The lowest BCUT2D eigenvalue weighted by Gasteiger charge is -2.09. The number of nitrogens with zero attached hydrogens (tertiary/aromatic N) is 2. The largest absolute Gasteiger partial charge is 0.384 e. The molecule has 0 aliphatic rings. The van der Waals surface area contributed by atoms with Gasteiger partial charge in [0.1, 0.15) is 6.54 Å². The monoisotopic (exact) mass is 238 g/mol. The molecular formula is C11H18N4O2. The van der Waals surface area contributed by atoms with Crippen LogP contribution in [-0.2, 0) is 11.3 Å². The number of hydrogen-bond donors (Lipinski definition) is 2. The number of hydrogen-bond acceptors (Lipinski definition) is 4. The van der Waals surface area contributed by atoms with Gasteiger partial charge in [0.2, 0.25) is 5.91 Å². The second-order valence-electron chi connectivity index (χ2n) is 3.99. The topological polar surface area (TPSA) is 76.0 Å². The highest BCUT2D eigenvalue weighted by Crippen LogP contribution is 1.97. The van der Waals surface area contributed by atoms with Crippen molar-refractivity contribution in [1.82, 2.24) is 15.1 Å². The highest BCUT2D eigenvalue weighted by Gasteiger charge is 2.06. The van der Waals surface area contributed by atoms with E-state index in [9.17, 15) is 9.59 Å². The van der Waals surface area contributed by atoms with E-state index in [1.807, 2.05) is 20.8 Å². The molecule has 1 heterocycles. The smallest absolute Gasteiger partial charge is 0.269 e. The van der Waals surface area contributed by atoms with Crippen molar-refractivity contribution in [3.8, 4) is 0 Å². The maximum atomic E-state index is 11.6. The van der Waals surface area contributed by atoms with E-state index in [-0.39, 0.29) is 24.1 Å². The first-order valence-electron chi connectivity index (χ1n) is 5.63. The summed E-state index contributed by atoms with van der Waals surface area (Å²) in [5.74, 6) is -0.217. The molecule has 94 valence electrons. The minimum atomic E-state index is -0.289. The molecule has 0 saturated carbocycles. The average Bonchev–Trinajstić information content (AvgIpc) is 2.21. The number of rotatable bonds is 5. The second kappa shape index (κ2) is 6.03. The van der Waals surface area contributed by atoms with Crippen molar-refractivity contribution < 1.29 is 4.79 Å². The third-order valence-corrected chi connectivity index (χ3v) is 1.99. The molecule has 0 unspecified atom stereocenters. The molecule has 0 aliphatic carbocycles. The van der Waals surface area contributed by atoms with Gasteiger partial charge in [-0.15, -0.1) is 0 Å². The molecule has 1 aromatic rings. The normalized spacial score (nSPS) is 10.4. The predicted molar refractivity (Wildman–Crippen MR) is 65.9 cm³/mol. The van der Waals surface area contributed by atoms with E-state index in [0.29, 0.717) is 5.69 Å². The summed E-state index contributed by atoms with van der Waals surface area (Å²) in [6, 6.07) is 1.48. The summed E-state index contributed by atoms with van der Waals surface area (Å²) in [4.78, 5) is 23.1. The Bertz CT molecular complexity index is 439. The second-order valence-corrected chi connectivity index (χ2v) is 3.99. The van der Waals surface area contributed by atoms with Crippen molar-refractivity contribution >= 4 is 11.6 Å². The Kier molecular flexibility index (Phi) is 4.68. The molecule has 17 heavy (non-hydrogen) atoms. The Labute approximate surface area is 100 Å². The van der Waals surface area contributed by atoms with Crippen molar-refractivity contribution in [2.75, 3.05) is 11.9 Å². The molecule has 1 aromatic heterocycles. The Balaban J connectivity index is 2.72. The molecule has 0 aliphatic heterocycles. The SMILES string of the molecule is CCNc1cnn(CC(=O)NC(C)C)c(=O)c1. The molecule has 1 amide bonds. The van der Waals surface area contributed by atoms with Gasteiger partial charge in [0.15, 0.2) is 0 Å². The standard InChI is InChI=1S/C11H18N4O2/c1-4-12-9-5-11(17)15(13-6-9)7-10(16)14-8(2)3/h5-6,8,12H,4,7H2,1-3H3,(H,14,16). The number of aromatic nitrogens is 2. The van der Waals surface area contributed by atoms with Crippen LogP contribution in [0.3, 0.4) is 0 Å². The van der Waals surface area contributed by atoms with Crippen molar-refractivity contribution in [3.05, 3.63) is 22.6 Å². The zero-order chi connectivity index (χ0) is 12.8. The Morgan fingerprint density at radius 1 is 1.53 bits per heavy atom. The summed E-state index contributed by atoms with van der Waals surface area (Å²) in [6.45, 7) is 6.33. The van der Waals surface area contributed by atoms with Crippen LogP contribution in [0.2, 0.25) is 0 Å². The van der Waals surface area contributed by atoms with Crippen LogP contribution in [0.4, 0.5) is 5.69 Å². The lowest BCUT2D eigenvalue weighted by atomic mass is 10.4. The highest BCUT2D eigenvalue weighted by atomic mass is 16.2.